The van der Waals surface area contributed by atoms with E-state index in [2.05, 4.69) is 31.3 Å². The van der Waals surface area contributed by atoms with Crippen LogP contribution in [0.25, 0.3) is 0 Å². The van der Waals surface area contributed by atoms with Gasteiger partial charge in [-0.15, -0.1) is 0 Å². The minimum absolute atomic E-state index is 0.134. The highest BCUT2D eigenvalue weighted by molar-refractivity contribution is 9.10. The van der Waals surface area contributed by atoms with E-state index < -0.39 is 11.9 Å². The van der Waals surface area contributed by atoms with E-state index >= 15 is 0 Å². The Morgan fingerprint density at radius 2 is 1.96 bits per heavy atom. The molecule has 0 aromatic heterocycles. The average Bonchev–Trinajstić information content (AvgIpc) is 2.65. The molecule has 2 aromatic carbocycles. The van der Waals surface area contributed by atoms with Crippen LogP contribution < -0.4 is 10.6 Å². The Kier molecular flexibility index (Phi) is 6.53. The minimum atomic E-state index is -0.634. The van der Waals surface area contributed by atoms with E-state index in [-0.39, 0.29) is 16.8 Å². The van der Waals surface area contributed by atoms with Crippen LogP contribution in [0.2, 0.25) is 0 Å². The zero-order valence-electron chi connectivity index (χ0n) is 14.2. The van der Waals surface area contributed by atoms with Gasteiger partial charge in [-0.05, 0) is 42.8 Å². The summed E-state index contributed by atoms with van der Waals surface area (Å²) in [6.45, 7) is 1.93. The van der Waals surface area contributed by atoms with Gasteiger partial charge in [-0.2, -0.15) is 5.26 Å². The molecule has 0 aliphatic rings. The van der Waals surface area contributed by atoms with Gasteiger partial charge in [0.1, 0.15) is 11.6 Å². The first-order chi connectivity index (χ1) is 12.5. The number of benzene rings is 2. The molecule has 1 amide bonds. The van der Waals surface area contributed by atoms with Gasteiger partial charge in [-0.1, -0.05) is 28.1 Å². The maximum atomic E-state index is 12.3. The third kappa shape index (κ3) is 4.71. The predicted molar refractivity (Wildman–Crippen MR) is 103 cm³/mol. The number of aryl methyl sites for hydroxylation is 1. The number of esters is 1. The molecule has 6 nitrogen and oxygen atoms in total. The molecule has 132 valence electrons. The molecule has 0 saturated heterocycles. The minimum Gasteiger partial charge on any atom is -0.465 e. The number of hydrogen-bond acceptors (Lipinski definition) is 5. The molecular weight excluding hydrogens is 398 g/mol. The lowest BCUT2D eigenvalue weighted by Gasteiger charge is -2.09. The lowest BCUT2D eigenvalue weighted by Crippen LogP contribution is -2.17. The Morgan fingerprint density at radius 1 is 1.23 bits per heavy atom. The first kappa shape index (κ1) is 19.2. The fourth-order valence-electron chi connectivity index (χ4n) is 2.11. The summed E-state index contributed by atoms with van der Waals surface area (Å²) in [5.74, 6) is -1.21. The Morgan fingerprint density at radius 3 is 2.62 bits per heavy atom. The smallest absolute Gasteiger partial charge is 0.339 e. The molecule has 26 heavy (non-hydrogen) atoms. The number of carbonyl (C=O) groups excluding carboxylic acids is 2. The van der Waals surface area contributed by atoms with Gasteiger partial charge >= 0.3 is 5.97 Å². The number of rotatable bonds is 5. The van der Waals surface area contributed by atoms with Crippen LogP contribution in [0.4, 0.5) is 11.4 Å². The summed E-state index contributed by atoms with van der Waals surface area (Å²) in [5.41, 5.74) is 2.09. The van der Waals surface area contributed by atoms with E-state index in [0.717, 1.165) is 15.7 Å². The van der Waals surface area contributed by atoms with Crippen LogP contribution in [-0.2, 0) is 9.53 Å². The van der Waals surface area contributed by atoms with E-state index in [1.54, 1.807) is 18.2 Å². The third-order valence-corrected chi connectivity index (χ3v) is 4.38. The van der Waals surface area contributed by atoms with Gasteiger partial charge in [0.05, 0.1) is 18.4 Å². The van der Waals surface area contributed by atoms with E-state index in [0.29, 0.717) is 0 Å². The summed E-state index contributed by atoms with van der Waals surface area (Å²) >= 11 is 3.41. The SMILES string of the molecule is COC(=O)c1ccccc1NC(=O)/C(C#N)=C\Nc1ccc(Br)c(C)c1. The van der Waals surface area contributed by atoms with Gasteiger partial charge in [-0.3, -0.25) is 4.79 Å². The molecule has 2 rings (SSSR count). The molecule has 0 fully saturated rings. The lowest BCUT2D eigenvalue weighted by molar-refractivity contribution is -0.112. The maximum absolute atomic E-state index is 12.3. The van der Waals surface area contributed by atoms with Crippen molar-refractivity contribution in [3.05, 3.63) is 69.8 Å². The summed E-state index contributed by atoms with van der Waals surface area (Å²) in [6.07, 6.45) is 1.32. The van der Waals surface area contributed by atoms with Gasteiger partial charge in [0.2, 0.25) is 0 Å². The molecule has 0 radical (unpaired) electrons. The number of nitrogens with zero attached hydrogens (tertiary/aromatic N) is 1. The monoisotopic (exact) mass is 413 g/mol. The van der Waals surface area contributed by atoms with Crippen molar-refractivity contribution in [2.75, 3.05) is 17.7 Å². The zero-order valence-corrected chi connectivity index (χ0v) is 15.8. The molecular formula is C19H16BrN3O3. The van der Waals surface area contributed by atoms with Gasteiger partial charge in [0.25, 0.3) is 5.91 Å². The normalized spacial score (nSPS) is 10.6. The Balaban J connectivity index is 2.18. The molecule has 0 bridgehead atoms. The summed E-state index contributed by atoms with van der Waals surface area (Å²) in [6, 6.07) is 13.8. The van der Waals surface area contributed by atoms with Crippen molar-refractivity contribution >= 4 is 39.2 Å². The van der Waals surface area contributed by atoms with E-state index in [9.17, 15) is 14.9 Å². The van der Waals surface area contributed by atoms with E-state index in [1.165, 1.54) is 19.4 Å². The van der Waals surface area contributed by atoms with Crippen molar-refractivity contribution in [2.24, 2.45) is 0 Å². The molecule has 0 aliphatic carbocycles. The van der Waals surface area contributed by atoms with Crippen molar-refractivity contribution in [2.45, 2.75) is 6.92 Å². The number of hydrogen-bond donors (Lipinski definition) is 2. The number of halogens is 1. The van der Waals surface area contributed by atoms with Crippen molar-refractivity contribution in [3.8, 4) is 6.07 Å². The zero-order chi connectivity index (χ0) is 19.1. The van der Waals surface area contributed by atoms with Crippen molar-refractivity contribution in [3.63, 3.8) is 0 Å². The molecule has 0 aliphatic heterocycles. The number of methoxy groups -OCH3 is 1. The average molecular weight is 414 g/mol. The number of para-hydroxylation sites is 1. The summed E-state index contributed by atoms with van der Waals surface area (Å²) in [4.78, 5) is 24.1. The first-order valence-electron chi connectivity index (χ1n) is 7.58. The summed E-state index contributed by atoms with van der Waals surface area (Å²) in [5, 5.41) is 14.7. The number of carbonyl (C=O) groups is 2. The second-order valence-corrected chi connectivity index (χ2v) is 6.12. The largest absolute Gasteiger partial charge is 0.465 e. The molecule has 0 saturated carbocycles. The summed E-state index contributed by atoms with van der Waals surface area (Å²) in [7, 11) is 1.26. The highest BCUT2D eigenvalue weighted by atomic mass is 79.9. The van der Waals surface area contributed by atoms with Gasteiger partial charge in [0.15, 0.2) is 0 Å². The van der Waals surface area contributed by atoms with E-state index in [4.69, 9.17) is 0 Å². The van der Waals surface area contributed by atoms with Gasteiger partial charge < -0.3 is 15.4 Å². The molecule has 0 unspecified atom stereocenters. The van der Waals surface area contributed by atoms with Gasteiger partial charge in [0, 0.05) is 16.4 Å². The first-order valence-corrected chi connectivity index (χ1v) is 8.37. The number of nitriles is 1. The van der Waals surface area contributed by atoms with Crippen LogP contribution in [0.5, 0.6) is 0 Å². The number of ether oxygens (including phenoxy) is 1. The Bertz CT molecular complexity index is 916. The van der Waals surface area contributed by atoms with Gasteiger partial charge in [-0.25, -0.2) is 4.79 Å². The second-order valence-electron chi connectivity index (χ2n) is 5.27. The Labute approximate surface area is 159 Å². The predicted octanol–water partition coefficient (Wildman–Crippen LogP) is 4.00. The van der Waals surface area contributed by atoms with Crippen molar-refractivity contribution in [1.29, 1.82) is 5.26 Å². The highest BCUT2D eigenvalue weighted by Gasteiger charge is 2.15. The topological polar surface area (TPSA) is 91.2 Å². The summed E-state index contributed by atoms with van der Waals surface area (Å²) < 4.78 is 5.65. The molecule has 0 atom stereocenters. The maximum Gasteiger partial charge on any atom is 0.339 e. The van der Waals surface area contributed by atoms with Crippen LogP contribution in [0.3, 0.4) is 0 Å². The quantitative estimate of drug-likeness (QED) is 0.439. The fraction of sp³-hybridized carbons (Fsp3) is 0.105. The molecule has 7 heteroatoms. The molecule has 0 heterocycles. The van der Waals surface area contributed by atoms with Crippen molar-refractivity contribution < 1.29 is 14.3 Å². The fourth-order valence-corrected chi connectivity index (χ4v) is 2.35. The standard InChI is InChI=1S/C19H16BrN3O3/c1-12-9-14(7-8-16(12)20)22-11-13(10-21)18(24)23-17-6-4-3-5-15(17)19(25)26-2/h3-9,11,22H,1-2H3,(H,23,24)/b13-11-. The number of nitrogens with one attached hydrogen (secondary N) is 2. The molecule has 0 spiro atoms. The van der Waals surface area contributed by atoms with E-state index in [1.807, 2.05) is 31.2 Å². The molecule has 2 aromatic rings. The van der Waals surface area contributed by atoms with Crippen LogP contribution >= 0.6 is 15.9 Å². The Hall–Kier alpha value is -3.11. The second kappa shape index (κ2) is 8.83. The number of amides is 1. The van der Waals surface area contributed by atoms with Crippen LogP contribution in [0.1, 0.15) is 15.9 Å². The third-order valence-electron chi connectivity index (χ3n) is 3.49. The van der Waals surface area contributed by atoms with Crippen LogP contribution in [-0.4, -0.2) is 19.0 Å². The lowest BCUT2D eigenvalue weighted by atomic mass is 10.1. The van der Waals surface area contributed by atoms with Crippen LogP contribution in [0.15, 0.2) is 58.7 Å². The van der Waals surface area contributed by atoms with Crippen molar-refractivity contribution in [1.82, 2.24) is 0 Å². The number of anilines is 2. The van der Waals surface area contributed by atoms with Crippen LogP contribution in [0, 0.1) is 18.3 Å². The highest BCUT2D eigenvalue weighted by Crippen LogP contribution is 2.20. The molecule has 2 N–H and O–H groups in total.